The second-order valence-corrected chi connectivity index (χ2v) is 6.00. The van der Waals surface area contributed by atoms with Crippen LogP contribution < -0.4 is 5.06 Å². The van der Waals surface area contributed by atoms with Crippen molar-refractivity contribution in [1.29, 1.82) is 0 Å². The van der Waals surface area contributed by atoms with Gasteiger partial charge in [0, 0.05) is 14.0 Å². The van der Waals surface area contributed by atoms with Crippen LogP contribution in [-0.4, -0.2) is 24.5 Å². The first kappa shape index (κ1) is 16.9. The van der Waals surface area contributed by atoms with Crippen LogP contribution in [0.15, 0.2) is 24.3 Å². The van der Waals surface area contributed by atoms with Gasteiger partial charge in [0.1, 0.15) is 0 Å². The molecule has 1 rings (SSSR count). The average molecular weight is 295 g/mol. The van der Waals surface area contributed by atoms with Gasteiger partial charge in [-0.3, -0.25) is 4.79 Å². The van der Waals surface area contributed by atoms with E-state index in [4.69, 9.17) is 4.84 Å². The number of carbonyl (C=O) groups is 1. The molecule has 3 nitrogen and oxygen atoms in total. The molecule has 0 aliphatic heterocycles. The van der Waals surface area contributed by atoms with Crippen molar-refractivity contribution in [2.75, 3.05) is 23.6 Å². The van der Waals surface area contributed by atoms with Crippen LogP contribution in [0.25, 0.3) is 0 Å². The summed E-state index contributed by atoms with van der Waals surface area (Å²) < 4.78 is 0. The van der Waals surface area contributed by atoms with Crippen molar-refractivity contribution in [3.05, 3.63) is 29.8 Å². The van der Waals surface area contributed by atoms with Gasteiger partial charge < -0.3 is 4.84 Å². The van der Waals surface area contributed by atoms with E-state index in [1.54, 1.807) is 12.1 Å². The molecule has 0 spiro atoms. The van der Waals surface area contributed by atoms with Gasteiger partial charge >= 0.3 is 5.97 Å². The molecule has 112 valence electrons. The number of benzene rings is 1. The van der Waals surface area contributed by atoms with Gasteiger partial charge in [0.2, 0.25) is 0 Å². The van der Waals surface area contributed by atoms with Crippen molar-refractivity contribution >= 4 is 23.4 Å². The molecule has 0 aliphatic carbocycles. The molecule has 0 aromatic heterocycles. The first-order valence-electron chi connectivity index (χ1n) is 7.23. The number of hydroxylamine groups is 1. The largest absolute Gasteiger partial charge is 0.341 e. The summed E-state index contributed by atoms with van der Waals surface area (Å²) in [6.45, 7) is 3.64. The Morgan fingerprint density at radius 2 is 1.95 bits per heavy atom. The molecular formula is C16H25NO2S. The van der Waals surface area contributed by atoms with Gasteiger partial charge in [-0.15, -0.1) is 0 Å². The van der Waals surface area contributed by atoms with Gasteiger partial charge in [-0.05, 0) is 42.4 Å². The van der Waals surface area contributed by atoms with Crippen molar-refractivity contribution < 1.29 is 9.63 Å². The maximum Gasteiger partial charge on any atom is 0.329 e. The van der Waals surface area contributed by atoms with E-state index in [0.29, 0.717) is 0 Å². The minimum absolute atomic E-state index is 0.294. The van der Waals surface area contributed by atoms with Crippen molar-refractivity contribution in [3.63, 3.8) is 0 Å². The second kappa shape index (κ2) is 9.70. The maximum absolute atomic E-state index is 11.0. The fourth-order valence-electron chi connectivity index (χ4n) is 1.98. The molecule has 0 unspecified atom stereocenters. The third-order valence-corrected chi connectivity index (χ3v) is 4.13. The molecule has 0 heterocycles. The lowest BCUT2D eigenvalue weighted by atomic mass is 10.1. The Balaban J connectivity index is 2.46. The molecule has 0 saturated heterocycles. The highest BCUT2D eigenvalue weighted by Crippen LogP contribution is 2.21. The Labute approximate surface area is 126 Å². The Hall–Kier alpha value is -1.16. The smallest absolute Gasteiger partial charge is 0.329 e. The molecular weight excluding hydrogens is 270 g/mol. The number of hydrogen-bond acceptors (Lipinski definition) is 4. The zero-order valence-electron chi connectivity index (χ0n) is 12.7. The van der Waals surface area contributed by atoms with Crippen LogP contribution >= 0.6 is 11.8 Å². The SMILES string of the molecule is CCCCSCCCc1ccccc1N(C)OC(C)=O. The molecule has 0 fully saturated rings. The van der Waals surface area contributed by atoms with E-state index in [1.165, 1.54) is 36.8 Å². The van der Waals surface area contributed by atoms with E-state index in [0.717, 1.165) is 18.5 Å². The molecule has 0 amide bonds. The van der Waals surface area contributed by atoms with Gasteiger partial charge in [-0.25, -0.2) is 5.06 Å². The third kappa shape index (κ3) is 6.33. The van der Waals surface area contributed by atoms with Crippen molar-refractivity contribution in [1.82, 2.24) is 0 Å². The first-order valence-corrected chi connectivity index (χ1v) is 8.38. The normalized spacial score (nSPS) is 10.3. The zero-order valence-corrected chi connectivity index (χ0v) is 13.5. The van der Waals surface area contributed by atoms with Crippen LogP contribution in [0.3, 0.4) is 0 Å². The maximum atomic E-state index is 11.0. The van der Waals surface area contributed by atoms with Gasteiger partial charge in [0.05, 0.1) is 5.69 Å². The zero-order chi connectivity index (χ0) is 14.8. The Bertz CT molecular complexity index is 409. The number of unbranched alkanes of at least 4 members (excludes halogenated alkanes) is 1. The molecule has 0 N–H and O–H groups in total. The number of para-hydroxylation sites is 1. The summed E-state index contributed by atoms with van der Waals surface area (Å²) in [6, 6.07) is 8.09. The number of anilines is 1. The molecule has 0 saturated carbocycles. The van der Waals surface area contributed by atoms with Gasteiger partial charge in [-0.1, -0.05) is 31.5 Å². The number of nitrogens with zero attached hydrogens (tertiary/aromatic N) is 1. The quantitative estimate of drug-likeness (QED) is 0.507. The highest BCUT2D eigenvalue weighted by atomic mass is 32.2. The lowest BCUT2D eigenvalue weighted by Gasteiger charge is -2.20. The fourth-order valence-corrected chi connectivity index (χ4v) is 3.03. The molecule has 0 aliphatic rings. The van der Waals surface area contributed by atoms with Crippen molar-refractivity contribution in [2.24, 2.45) is 0 Å². The van der Waals surface area contributed by atoms with Crippen LogP contribution in [0.1, 0.15) is 38.7 Å². The van der Waals surface area contributed by atoms with E-state index in [2.05, 4.69) is 13.0 Å². The number of thioether (sulfide) groups is 1. The predicted molar refractivity (Wildman–Crippen MR) is 87.2 cm³/mol. The molecule has 4 heteroatoms. The van der Waals surface area contributed by atoms with Crippen LogP contribution in [0.4, 0.5) is 5.69 Å². The highest BCUT2D eigenvalue weighted by molar-refractivity contribution is 7.99. The summed E-state index contributed by atoms with van der Waals surface area (Å²) in [5.74, 6) is 2.15. The summed E-state index contributed by atoms with van der Waals surface area (Å²) in [6.07, 6.45) is 4.74. The van der Waals surface area contributed by atoms with Crippen LogP contribution in [0.5, 0.6) is 0 Å². The lowest BCUT2D eigenvalue weighted by molar-refractivity contribution is -0.141. The minimum Gasteiger partial charge on any atom is -0.341 e. The van der Waals surface area contributed by atoms with Crippen LogP contribution in [0.2, 0.25) is 0 Å². The van der Waals surface area contributed by atoms with Gasteiger partial charge in [0.25, 0.3) is 0 Å². The topological polar surface area (TPSA) is 29.5 Å². The number of rotatable bonds is 9. The van der Waals surface area contributed by atoms with Crippen molar-refractivity contribution in [3.8, 4) is 0 Å². The Kier molecular flexibility index (Phi) is 8.19. The van der Waals surface area contributed by atoms with E-state index in [9.17, 15) is 4.79 Å². The second-order valence-electron chi connectivity index (χ2n) is 4.78. The van der Waals surface area contributed by atoms with Gasteiger partial charge in [0.15, 0.2) is 0 Å². The molecule has 0 atom stereocenters. The van der Waals surface area contributed by atoms with Crippen molar-refractivity contribution in [2.45, 2.75) is 39.5 Å². The fraction of sp³-hybridized carbons (Fsp3) is 0.562. The van der Waals surface area contributed by atoms with Gasteiger partial charge in [-0.2, -0.15) is 11.8 Å². The number of carbonyl (C=O) groups excluding carboxylic acids is 1. The van der Waals surface area contributed by atoms with E-state index in [-0.39, 0.29) is 5.97 Å². The molecule has 1 aromatic carbocycles. The number of hydrogen-bond donors (Lipinski definition) is 0. The molecule has 1 aromatic rings. The first-order chi connectivity index (χ1) is 9.65. The number of aryl methyl sites for hydroxylation is 1. The molecule has 20 heavy (non-hydrogen) atoms. The Morgan fingerprint density at radius 1 is 1.25 bits per heavy atom. The van der Waals surface area contributed by atoms with Crippen LogP contribution in [0, 0.1) is 0 Å². The minimum atomic E-state index is -0.294. The standard InChI is InChI=1S/C16H25NO2S/c1-4-5-12-20-13-8-10-15-9-6-7-11-16(15)17(3)19-14(2)18/h6-7,9,11H,4-5,8,10,12-13H2,1-3H3. The average Bonchev–Trinajstić information content (AvgIpc) is 2.42. The highest BCUT2D eigenvalue weighted by Gasteiger charge is 2.09. The van der Waals surface area contributed by atoms with E-state index >= 15 is 0 Å². The Morgan fingerprint density at radius 3 is 2.65 bits per heavy atom. The van der Waals surface area contributed by atoms with Crippen LogP contribution in [-0.2, 0) is 16.1 Å². The monoisotopic (exact) mass is 295 g/mol. The third-order valence-electron chi connectivity index (χ3n) is 2.97. The lowest BCUT2D eigenvalue weighted by Crippen LogP contribution is -2.22. The summed E-state index contributed by atoms with van der Waals surface area (Å²) in [5, 5.41) is 1.56. The van der Waals surface area contributed by atoms with E-state index < -0.39 is 0 Å². The summed E-state index contributed by atoms with van der Waals surface area (Å²) >= 11 is 2.02. The predicted octanol–water partition coefficient (Wildman–Crippen LogP) is 4.07. The summed E-state index contributed by atoms with van der Waals surface area (Å²) in [5.41, 5.74) is 2.20. The molecule has 0 bridgehead atoms. The summed E-state index contributed by atoms with van der Waals surface area (Å²) in [7, 11) is 1.77. The molecule has 0 radical (unpaired) electrons. The van der Waals surface area contributed by atoms with E-state index in [1.807, 2.05) is 30.0 Å². The summed E-state index contributed by atoms with van der Waals surface area (Å²) in [4.78, 5) is 16.2.